The second-order valence-electron chi connectivity index (χ2n) is 7.07. The van der Waals surface area contributed by atoms with Gasteiger partial charge in [-0.25, -0.2) is 8.78 Å². The molecular weight excluding hydrogens is 326 g/mol. The number of anilines is 2. The van der Waals surface area contributed by atoms with Crippen LogP contribution in [-0.2, 0) is 0 Å². The van der Waals surface area contributed by atoms with Gasteiger partial charge in [-0.1, -0.05) is 38.5 Å². The lowest BCUT2D eigenvalue weighted by atomic mass is 9.98. The van der Waals surface area contributed by atoms with E-state index in [1.165, 1.54) is 32.8 Å². The number of alkyl halides is 2. The summed E-state index contributed by atoms with van der Waals surface area (Å²) in [6.07, 6.45) is 5.28. The summed E-state index contributed by atoms with van der Waals surface area (Å²) in [5, 5.41) is 12.6. The van der Waals surface area contributed by atoms with Gasteiger partial charge in [0.25, 0.3) is 5.92 Å². The maximum absolute atomic E-state index is 14.1. The van der Waals surface area contributed by atoms with Crippen LogP contribution in [0, 0.1) is 5.92 Å². The molecule has 0 heterocycles. The van der Waals surface area contributed by atoms with Crippen LogP contribution >= 0.6 is 0 Å². The number of benzene rings is 1. The van der Waals surface area contributed by atoms with Crippen LogP contribution in [0.5, 0.6) is 5.75 Å². The van der Waals surface area contributed by atoms with Crippen molar-refractivity contribution in [2.24, 2.45) is 5.92 Å². The number of nitrogens with two attached hydrogens (primary N) is 1. The highest BCUT2D eigenvalue weighted by atomic mass is 19.3. The maximum Gasteiger partial charge on any atom is 0.252 e. The molecule has 1 fully saturated rings. The average molecular weight is 356 g/mol. The molecule has 0 amide bonds. The minimum absolute atomic E-state index is 0.188. The molecule has 0 saturated heterocycles. The summed E-state index contributed by atoms with van der Waals surface area (Å²) in [4.78, 5) is 0. The Hall–Kier alpha value is -1.56. The van der Waals surface area contributed by atoms with Crippen LogP contribution in [-0.4, -0.2) is 24.4 Å². The Morgan fingerprint density at radius 2 is 2.04 bits per heavy atom. The van der Waals surface area contributed by atoms with Gasteiger partial charge in [0, 0.05) is 12.5 Å². The standard InChI is InChI=1S/C19H30F2N2O2/c1-25-15-9-10-16(22)17(12-15)23-18(24)13-19(20,21)11-5-4-8-14-6-2-3-7-14/h9-10,12,14,18,23-24H,2-8,11,13,22H2,1H3. The van der Waals surface area contributed by atoms with Crippen LogP contribution in [0.2, 0.25) is 0 Å². The number of unbranched alkanes of at least 4 members (excludes halogenated alkanes) is 1. The molecule has 0 radical (unpaired) electrons. The molecule has 1 saturated carbocycles. The van der Waals surface area contributed by atoms with Gasteiger partial charge in [0.2, 0.25) is 0 Å². The zero-order valence-electron chi connectivity index (χ0n) is 14.9. The number of nitrogens with one attached hydrogen (secondary N) is 1. The third kappa shape index (κ3) is 6.69. The molecule has 4 nitrogen and oxygen atoms in total. The van der Waals surface area contributed by atoms with Gasteiger partial charge in [0.15, 0.2) is 0 Å². The van der Waals surface area contributed by atoms with E-state index in [9.17, 15) is 13.9 Å². The summed E-state index contributed by atoms with van der Waals surface area (Å²) in [5.74, 6) is -1.62. The van der Waals surface area contributed by atoms with Gasteiger partial charge in [-0.15, -0.1) is 0 Å². The highest BCUT2D eigenvalue weighted by Gasteiger charge is 2.31. The summed E-state index contributed by atoms with van der Waals surface area (Å²) in [6.45, 7) is 0. The summed E-state index contributed by atoms with van der Waals surface area (Å²) < 4.78 is 33.2. The van der Waals surface area contributed by atoms with Gasteiger partial charge in [-0.3, -0.25) is 0 Å². The van der Waals surface area contributed by atoms with Crippen molar-refractivity contribution in [1.29, 1.82) is 0 Å². The number of hydrogen-bond donors (Lipinski definition) is 3. The van der Waals surface area contributed by atoms with Crippen LogP contribution in [0.15, 0.2) is 18.2 Å². The zero-order valence-corrected chi connectivity index (χ0v) is 14.9. The SMILES string of the molecule is COc1ccc(N)c(NC(O)CC(F)(F)CCCCC2CCCC2)c1. The van der Waals surface area contributed by atoms with E-state index in [0.29, 0.717) is 23.5 Å². The highest BCUT2D eigenvalue weighted by Crippen LogP contribution is 2.32. The van der Waals surface area contributed by atoms with E-state index < -0.39 is 18.6 Å². The lowest BCUT2D eigenvalue weighted by Gasteiger charge is -2.22. The van der Waals surface area contributed by atoms with E-state index in [2.05, 4.69) is 5.32 Å². The zero-order chi connectivity index (χ0) is 18.3. The van der Waals surface area contributed by atoms with E-state index in [1.807, 2.05) is 0 Å². The molecule has 2 rings (SSSR count). The average Bonchev–Trinajstić information content (AvgIpc) is 3.06. The van der Waals surface area contributed by atoms with Gasteiger partial charge in [0.1, 0.15) is 12.0 Å². The fourth-order valence-corrected chi connectivity index (χ4v) is 3.52. The third-order valence-corrected chi connectivity index (χ3v) is 4.95. The van der Waals surface area contributed by atoms with Crippen molar-refractivity contribution in [3.05, 3.63) is 18.2 Å². The number of ether oxygens (including phenoxy) is 1. The smallest absolute Gasteiger partial charge is 0.252 e. The number of aliphatic hydroxyl groups excluding tert-OH is 1. The molecule has 142 valence electrons. The Bertz CT molecular complexity index is 534. The van der Waals surface area contributed by atoms with Crippen molar-refractivity contribution < 1.29 is 18.6 Å². The number of aliphatic hydroxyl groups is 1. The number of rotatable bonds is 10. The molecule has 0 aliphatic heterocycles. The molecular formula is C19H30F2N2O2. The molecule has 1 aromatic rings. The topological polar surface area (TPSA) is 67.5 Å². The first-order valence-electron chi connectivity index (χ1n) is 9.15. The molecule has 0 bridgehead atoms. The Labute approximate surface area is 148 Å². The normalized spacial score (nSPS) is 16.8. The number of halogens is 2. The van der Waals surface area contributed by atoms with Gasteiger partial charge >= 0.3 is 0 Å². The Kier molecular flexibility index (Phi) is 7.29. The predicted molar refractivity (Wildman–Crippen MR) is 97.0 cm³/mol. The first-order chi connectivity index (χ1) is 11.9. The fraction of sp³-hybridized carbons (Fsp3) is 0.684. The van der Waals surface area contributed by atoms with Crippen molar-refractivity contribution in [2.45, 2.75) is 69.9 Å². The van der Waals surface area contributed by atoms with Crippen LogP contribution < -0.4 is 15.8 Å². The molecule has 1 unspecified atom stereocenters. The van der Waals surface area contributed by atoms with E-state index >= 15 is 0 Å². The summed E-state index contributed by atoms with van der Waals surface area (Å²) in [6, 6.07) is 4.86. The van der Waals surface area contributed by atoms with Crippen LogP contribution in [0.4, 0.5) is 20.2 Å². The number of hydrogen-bond acceptors (Lipinski definition) is 4. The molecule has 0 spiro atoms. The monoisotopic (exact) mass is 356 g/mol. The number of methoxy groups -OCH3 is 1. The minimum Gasteiger partial charge on any atom is -0.497 e. The molecule has 6 heteroatoms. The second kappa shape index (κ2) is 9.22. The second-order valence-corrected chi connectivity index (χ2v) is 7.07. The summed E-state index contributed by atoms with van der Waals surface area (Å²) in [5.41, 5.74) is 6.56. The third-order valence-electron chi connectivity index (χ3n) is 4.95. The van der Waals surface area contributed by atoms with Crippen molar-refractivity contribution in [1.82, 2.24) is 0 Å². The Morgan fingerprint density at radius 1 is 1.32 bits per heavy atom. The maximum atomic E-state index is 14.1. The molecule has 1 aliphatic rings. The largest absolute Gasteiger partial charge is 0.497 e. The van der Waals surface area contributed by atoms with E-state index in [4.69, 9.17) is 10.5 Å². The molecule has 1 aliphatic carbocycles. The van der Waals surface area contributed by atoms with E-state index in [0.717, 1.165) is 18.8 Å². The Balaban J connectivity index is 1.74. The van der Waals surface area contributed by atoms with Crippen molar-refractivity contribution in [3.63, 3.8) is 0 Å². The van der Waals surface area contributed by atoms with Crippen LogP contribution in [0.3, 0.4) is 0 Å². The molecule has 25 heavy (non-hydrogen) atoms. The van der Waals surface area contributed by atoms with Gasteiger partial charge in [0.05, 0.1) is 24.9 Å². The Morgan fingerprint density at radius 3 is 2.72 bits per heavy atom. The van der Waals surface area contributed by atoms with Gasteiger partial charge in [-0.2, -0.15) is 0 Å². The van der Waals surface area contributed by atoms with Gasteiger partial charge < -0.3 is 20.9 Å². The molecule has 0 aromatic heterocycles. The van der Waals surface area contributed by atoms with E-state index in [-0.39, 0.29) is 6.42 Å². The first-order valence-corrected chi connectivity index (χ1v) is 9.15. The number of nitrogen functional groups attached to an aromatic ring is 1. The van der Waals surface area contributed by atoms with Crippen molar-refractivity contribution in [3.8, 4) is 5.75 Å². The predicted octanol–water partition coefficient (Wildman–Crippen LogP) is 4.78. The van der Waals surface area contributed by atoms with Crippen molar-refractivity contribution >= 4 is 11.4 Å². The molecule has 4 N–H and O–H groups in total. The molecule has 1 aromatic carbocycles. The lowest BCUT2D eigenvalue weighted by molar-refractivity contribution is -0.0467. The summed E-state index contributed by atoms with van der Waals surface area (Å²) >= 11 is 0. The van der Waals surface area contributed by atoms with E-state index in [1.54, 1.807) is 18.2 Å². The molecule has 1 atom stereocenters. The fourth-order valence-electron chi connectivity index (χ4n) is 3.52. The van der Waals surface area contributed by atoms with Crippen LogP contribution in [0.25, 0.3) is 0 Å². The highest BCUT2D eigenvalue weighted by molar-refractivity contribution is 5.68. The van der Waals surface area contributed by atoms with Gasteiger partial charge in [-0.05, 0) is 24.5 Å². The summed E-state index contributed by atoms with van der Waals surface area (Å²) in [7, 11) is 1.51. The first kappa shape index (κ1) is 19.8. The minimum atomic E-state index is -2.89. The quantitative estimate of drug-likeness (QED) is 0.320. The van der Waals surface area contributed by atoms with Crippen molar-refractivity contribution in [2.75, 3.05) is 18.2 Å². The van der Waals surface area contributed by atoms with Crippen LogP contribution in [0.1, 0.15) is 57.8 Å². The lowest BCUT2D eigenvalue weighted by Crippen LogP contribution is -2.29.